The van der Waals surface area contributed by atoms with E-state index >= 15 is 0 Å². The van der Waals surface area contributed by atoms with E-state index in [1.165, 1.54) is 152 Å². The third kappa shape index (κ3) is 31.4. The second-order valence-corrected chi connectivity index (χ2v) is 16.6. The molecule has 1 saturated heterocycles. The normalized spacial score (nSPS) is 11.4. The average molecular weight is 791 g/mol. The maximum atomic E-state index is 10.3. The number of carbonyl (C=O) groups excluding carboxylic acids is 1. The number of unbranched alkanes of at least 4 members (excludes halogenated alkanes) is 18. The quantitative estimate of drug-likeness (QED) is 0.0621. The number of epoxide rings is 1. The summed E-state index contributed by atoms with van der Waals surface area (Å²) in [7, 11) is 0. The van der Waals surface area contributed by atoms with Gasteiger partial charge in [-0.15, -0.1) is 0 Å². The van der Waals surface area contributed by atoms with Crippen LogP contribution in [0.2, 0.25) is 0 Å². The van der Waals surface area contributed by atoms with Gasteiger partial charge in [0.05, 0.1) is 13.2 Å². The van der Waals surface area contributed by atoms with E-state index in [0.717, 1.165) is 38.0 Å². The van der Waals surface area contributed by atoms with Crippen molar-refractivity contribution in [2.24, 2.45) is 0 Å². The molecule has 0 spiro atoms. The molecular formula is C52H86O5. The molecule has 57 heavy (non-hydrogen) atoms. The van der Waals surface area contributed by atoms with E-state index in [0.29, 0.717) is 17.2 Å². The number of aromatic hydroxyl groups is 3. The van der Waals surface area contributed by atoms with Crippen molar-refractivity contribution in [1.82, 2.24) is 0 Å². The van der Waals surface area contributed by atoms with Crippen LogP contribution in [0.25, 0.3) is 0 Å². The molecule has 0 bridgehead atoms. The minimum atomic E-state index is 0.174. The molecule has 1 aliphatic rings. The van der Waals surface area contributed by atoms with E-state index in [1.807, 2.05) is 49.3 Å². The third-order valence-electron chi connectivity index (χ3n) is 10.3. The van der Waals surface area contributed by atoms with Gasteiger partial charge in [-0.3, -0.25) is 0 Å². The zero-order valence-corrected chi connectivity index (χ0v) is 37.6. The van der Waals surface area contributed by atoms with E-state index in [2.05, 4.69) is 52.3 Å². The van der Waals surface area contributed by atoms with Crippen LogP contribution in [0, 0.1) is 0 Å². The Morgan fingerprint density at radius 2 is 0.842 bits per heavy atom. The highest BCUT2D eigenvalue weighted by Gasteiger charge is 2.12. The number of hydrogen-bond acceptors (Lipinski definition) is 5. The van der Waals surface area contributed by atoms with Gasteiger partial charge in [0.15, 0.2) is 0 Å². The first-order valence-electron chi connectivity index (χ1n) is 22.9. The van der Waals surface area contributed by atoms with Crippen LogP contribution in [-0.4, -0.2) is 35.3 Å². The Labute approximate surface area is 351 Å². The van der Waals surface area contributed by atoms with Crippen LogP contribution in [0.5, 0.6) is 17.2 Å². The van der Waals surface area contributed by atoms with Crippen LogP contribution in [-0.2, 0) is 34.2 Å². The second kappa shape index (κ2) is 37.0. The van der Waals surface area contributed by atoms with Gasteiger partial charge >= 0.3 is 0 Å². The van der Waals surface area contributed by atoms with Gasteiger partial charge in [0.1, 0.15) is 24.0 Å². The highest BCUT2D eigenvalue weighted by molar-refractivity contribution is 5.39. The molecule has 1 fully saturated rings. The standard InChI is InChI=1S/C24H42O.C15H24O.C10H14O.C2H4O.CH2O/c1-3-5-7-9-11-13-15-18-22-19-17-21-24(25)23(22)20-16-14-12-10-8-6-4-2;1-2-3-4-5-6-7-8-11-14-12-9-10-13-15(14)16;1-10(2,3)8-4-6-9(11)7-5-8;1-2-3-1;1-2/h17,19,21,25H,3-16,18,20H2,1-2H3;9-10,12-13,16H,2-8,11H2,1H3;4-7,11H,1-3H3;1-2H2;1H2. The smallest absolute Gasteiger partial charge is 0.119 e. The van der Waals surface area contributed by atoms with Crippen molar-refractivity contribution in [3.63, 3.8) is 0 Å². The number of carbonyl (C=O) groups is 1. The van der Waals surface area contributed by atoms with E-state index in [4.69, 9.17) is 9.90 Å². The molecule has 5 heteroatoms. The lowest BCUT2D eigenvalue weighted by Crippen LogP contribution is -2.10. The first-order valence-corrected chi connectivity index (χ1v) is 22.9. The molecule has 4 rings (SSSR count). The van der Waals surface area contributed by atoms with Crippen molar-refractivity contribution >= 4 is 6.79 Å². The van der Waals surface area contributed by atoms with E-state index < -0.39 is 0 Å². The van der Waals surface area contributed by atoms with E-state index in [1.54, 1.807) is 18.2 Å². The van der Waals surface area contributed by atoms with Crippen molar-refractivity contribution in [1.29, 1.82) is 0 Å². The summed E-state index contributed by atoms with van der Waals surface area (Å²) in [5, 5.41) is 28.9. The Kier molecular flexibility index (Phi) is 34.8. The summed E-state index contributed by atoms with van der Waals surface area (Å²) in [6.45, 7) is 17.2. The third-order valence-corrected chi connectivity index (χ3v) is 10.3. The Hall–Kier alpha value is -3.31. The van der Waals surface area contributed by atoms with Crippen LogP contribution < -0.4 is 0 Å². The average Bonchev–Trinajstić information content (AvgIpc) is 4.10. The summed E-state index contributed by atoms with van der Waals surface area (Å²) in [5.41, 5.74) is 5.13. The zero-order valence-electron chi connectivity index (χ0n) is 37.6. The van der Waals surface area contributed by atoms with Crippen LogP contribution in [0.1, 0.15) is 199 Å². The molecule has 0 radical (unpaired) electrons. The monoisotopic (exact) mass is 791 g/mol. The fourth-order valence-corrected chi connectivity index (χ4v) is 6.63. The summed E-state index contributed by atoms with van der Waals surface area (Å²) in [4.78, 5) is 8.00. The Morgan fingerprint density at radius 1 is 0.474 bits per heavy atom. The Morgan fingerprint density at radius 3 is 1.26 bits per heavy atom. The van der Waals surface area contributed by atoms with Crippen LogP contribution in [0.3, 0.4) is 0 Å². The summed E-state index contributed by atoms with van der Waals surface area (Å²) in [6, 6.07) is 21.1. The molecule has 0 amide bonds. The fraction of sp³-hybridized carbons (Fsp3) is 0.635. The predicted molar refractivity (Wildman–Crippen MR) is 246 cm³/mol. The summed E-state index contributed by atoms with van der Waals surface area (Å²) in [5.74, 6) is 1.30. The number of para-hydroxylation sites is 1. The molecule has 3 aromatic carbocycles. The van der Waals surface area contributed by atoms with Gasteiger partial charge in [0.25, 0.3) is 0 Å². The van der Waals surface area contributed by atoms with Gasteiger partial charge in [-0.05, 0) is 90.5 Å². The minimum Gasteiger partial charge on any atom is -0.508 e. The number of benzene rings is 3. The lowest BCUT2D eigenvalue weighted by atomic mass is 9.87. The lowest BCUT2D eigenvalue weighted by Gasteiger charge is -2.18. The lowest BCUT2D eigenvalue weighted by molar-refractivity contribution is -0.0980. The fourth-order valence-electron chi connectivity index (χ4n) is 6.63. The van der Waals surface area contributed by atoms with Gasteiger partial charge < -0.3 is 24.9 Å². The first kappa shape index (κ1) is 53.7. The van der Waals surface area contributed by atoms with E-state index in [9.17, 15) is 10.2 Å². The zero-order chi connectivity index (χ0) is 42.4. The molecule has 324 valence electrons. The van der Waals surface area contributed by atoms with Crippen molar-refractivity contribution in [3.05, 3.63) is 89.0 Å². The number of ether oxygens (including phenoxy) is 1. The second-order valence-electron chi connectivity index (χ2n) is 16.6. The Bertz CT molecular complexity index is 1310. The number of hydrogen-bond donors (Lipinski definition) is 3. The number of rotatable bonds is 24. The van der Waals surface area contributed by atoms with E-state index in [-0.39, 0.29) is 5.41 Å². The van der Waals surface area contributed by atoms with Crippen LogP contribution in [0.15, 0.2) is 66.7 Å². The van der Waals surface area contributed by atoms with Gasteiger partial charge in [-0.25, -0.2) is 0 Å². The van der Waals surface area contributed by atoms with Gasteiger partial charge in [-0.2, -0.15) is 0 Å². The summed E-state index contributed by atoms with van der Waals surface area (Å²) < 4.78 is 4.50. The minimum absolute atomic E-state index is 0.174. The maximum absolute atomic E-state index is 10.3. The maximum Gasteiger partial charge on any atom is 0.119 e. The molecule has 0 saturated carbocycles. The van der Waals surface area contributed by atoms with Crippen LogP contribution >= 0.6 is 0 Å². The molecule has 5 nitrogen and oxygen atoms in total. The van der Waals surface area contributed by atoms with Crippen LogP contribution in [0.4, 0.5) is 0 Å². The first-order chi connectivity index (χ1) is 27.6. The summed E-state index contributed by atoms with van der Waals surface area (Å²) >= 11 is 0. The molecule has 1 aliphatic heterocycles. The number of phenolic OH excluding ortho intramolecular Hbond substituents is 3. The molecule has 0 atom stereocenters. The van der Waals surface area contributed by atoms with Gasteiger partial charge in [0.2, 0.25) is 0 Å². The van der Waals surface area contributed by atoms with Crippen molar-refractivity contribution < 1.29 is 24.9 Å². The van der Waals surface area contributed by atoms with Crippen molar-refractivity contribution in [2.75, 3.05) is 13.2 Å². The highest BCUT2D eigenvalue weighted by atomic mass is 16.6. The molecule has 3 aromatic rings. The largest absolute Gasteiger partial charge is 0.508 e. The number of phenols is 3. The molecule has 0 unspecified atom stereocenters. The van der Waals surface area contributed by atoms with Gasteiger partial charge in [-0.1, -0.05) is 200 Å². The molecule has 1 heterocycles. The molecular weight excluding hydrogens is 705 g/mol. The van der Waals surface area contributed by atoms with Gasteiger partial charge in [0, 0.05) is 0 Å². The Balaban J connectivity index is 0.000000831. The summed E-state index contributed by atoms with van der Waals surface area (Å²) in [6.07, 6.45) is 31.2. The number of aryl methyl sites for hydroxylation is 2. The molecule has 3 N–H and O–H groups in total. The topological polar surface area (TPSA) is 90.3 Å². The molecule has 0 aliphatic carbocycles. The SMILES string of the molecule is C1CO1.C=O.CC(C)(C)c1ccc(O)cc1.CCCCCCCCCc1cccc(O)c1CCCCCCCCC.CCCCCCCCCc1ccccc1O. The van der Waals surface area contributed by atoms with Crippen molar-refractivity contribution in [3.8, 4) is 17.2 Å². The predicted octanol–water partition coefficient (Wildman–Crippen LogP) is 15.2. The highest BCUT2D eigenvalue weighted by Crippen LogP contribution is 2.26. The molecule has 0 aromatic heterocycles. The van der Waals surface area contributed by atoms with Crippen molar-refractivity contribution in [2.45, 2.75) is 201 Å².